The summed E-state index contributed by atoms with van der Waals surface area (Å²) in [5.41, 5.74) is 6.84. The number of unbranched alkanes of at least 4 members (excludes halogenated alkanes) is 2. The number of benzene rings is 2. The Labute approximate surface area is 415 Å². The van der Waals surface area contributed by atoms with Gasteiger partial charge in [-0.25, -0.2) is 4.98 Å². The molecule has 8 heterocycles. The molecule has 70 heavy (non-hydrogen) atoms. The van der Waals surface area contributed by atoms with E-state index in [-0.39, 0.29) is 50.1 Å². The van der Waals surface area contributed by atoms with E-state index in [0.29, 0.717) is 70.3 Å². The van der Waals surface area contributed by atoms with Crippen molar-refractivity contribution in [3.8, 4) is 28.0 Å². The summed E-state index contributed by atoms with van der Waals surface area (Å²) < 4.78 is 27.0. The SMILES string of the molecule is Cc1sc2c(c1C)C(c1ccc(Cl)cc1)=N[C@@H](CC(=O)NCc1cn(CCCCCC(=O)NCCOc3ccc(-c4nc5nc(O[C@@H]6CO[C@H]7[C@@H]6OC[C@H]7O)[nH]c5cc4Cl)cc3)nn1)c1nnc(C)n1-2. The van der Waals surface area contributed by atoms with Crippen molar-refractivity contribution in [1.82, 2.24) is 55.3 Å². The summed E-state index contributed by atoms with van der Waals surface area (Å²) in [7, 11) is 0. The molecule has 0 saturated carbocycles. The summed E-state index contributed by atoms with van der Waals surface area (Å²) in [5.74, 6) is 1.73. The van der Waals surface area contributed by atoms with E-state index in [1.54, 1.807) is 22.1 Å². The Morgan fingerprint density at radius 1 is 0.929 bits per heavy atom. The van der Waals surface area contributed by atoms with Gasteiger partial charge >= 0.3 is 0 Å². The zero-order valence-electron chi connectivity index (χ0n) is 38.5. The van der Waals surface area contributed by atoms with Gasteiger partial charge in [0, 0.05) is 39.6 Å². The summed E-state index contributed by atoms with van der Waals surface area (Å²) in [6.45, 7) is 8.10. The standard InChI is InChI=1S/C48H50Cl2N12O7S/c1-25-26(2)70-47-40(25)42(29-8-12-30(49)13-9-29)53-35(46-59-57-27(3)62(46)47)20-39(65)52-21-31-22-61(60-58-31)17-6-4-5-7-38(64)51-16-18-66-32-14-10-28(11-15-32)41-33(50)19-34-45(55-41)56-48(54-34)69-37-24-68-43-36(63)23-67-44(37)43/h8-15,19,22,35-37,43-44,63H,4-7,16-18,20-21,23-24H2,1-3H3,(H,51,64)(H,52,65)(H,54,55,56)/t35-,36+,37+,43+,44+/m0/s1. The third-order valence-corrected chi connectivity index (χ3v) is 14.3. The first-order valence-electron chi connectivity index (χ1n) is 23.1. The van der Waals surface area contributed by atoms with Crippen molar-refractivity contribution < 1.29 is 33.6 Å². The number of aromatic nitrogens is 9. The number of rotatable bonds is 18. The molecule has 7 aromatic rings. The number of nitrogens with zero attached hydrogens (tertiary/aromatic N) is 9. The maximum atomic E-state index is 13.5. The molecule has 2 fully saturated rings. The van der Waals surface area contributed by atoms with Crippen LogP contribution in [-0.2, 0) is 32.2 Å². The molecule has 2 saturated heterocycles. The van der Waals surface area contributed by atoms with Crippen molar-refractivity contribution in [2.24, 2.45) is 4.99 Å². The molecule has 0 spiro atoms. The van der Waals surface area contributed by atoms with E-state index in [0.717, 1.165) is 58.1 Å². The lowest BCUT2D eigenvalue weighted by atomic mass is 9.99. The molecule has 3 aliphatic rings. The van der Waals surface area contributed by atoms with Crippen LogP contribution in [0.25, 0.3) is 27.4 Å². The van der Waals surface area contributed by atoms with Crippen molar-refractivity contribution in [3.63, 3.8) is 0 Å². The van der Waals surface area contributed by atoms with Crippen LogP contribution in [0.2, 0.25) is 10.0 Å². The van der Waals surface area contributed by atoms with Crippen LogP contribution < -0.4 is 20.1 Å². The molecule has 22 heteroatoms. The van der Waals surface area contributed by atoms with E-state index in [4.69, 9.17) is 47.1 Å². The van der Waals surface area contributed by atoms with E-state index >= 15 is 0 Å². The second kappa shape index (κ2) is 20.6. The van der Waals surface area contributed by atoms with Crippen molar-refractivity contribution >= 4 is 63.2 Å². The lowest BCUT2D eigenvalue weighted by Gasteiger charge is -2.15. The van der Waals surface area contributed by atoms with E-state index in [1.165, 1.54) is 4.88 Å². The van der Waals surface area contributed by atoms with Gasteiger partial charge in [0.05, 0.1) is 60.9 Å². The highest BCUT2D eigenvalue weighted by Crippen LogP contribution is 2.40. The Kier molecular flexibility index (Phi) is 13.9. The van der Waals surface area contributed by atoms with E-state index in [1.807, 2.05) is 66.2 Å². The van der Waals surface area contributed by atoms with Crippen LogP contribution in [0.3, 0.4) is 0 Å². The first kappa shape index (κ1) is 47.4. The van der Waals surface area contributed by atoms with Crippen molar-refractivity contribution in [2.45, 2.75) is 96.4 Å². The fraction of sp³-hybridized carbons (Fsp3) is 0.396. The number of hydrogen-bond acceptors (Lipinski definition) is 15. The number of hydrogen-bond donors (Lipinski definition) is 4. The summed E-state index contributed by atoms with van der Waals surface area (Å²) in [6, 6.07) is 16.4. The number of aliphatic hydroxyl groups is 1. The molecule has 3 aliphatic heterocycles. The summed E-state index contributed by atoms with van der Waals surface area (Å²) >= 11 is 14.5. The van der Waals surface area contributed by atoms with E-state index in [2.05, 4.69) is 59.9 Å². The van der Waals surface area contributed by atoms with E-state index < -0.39 is 24.4 Å². The molecule has 2 aromatic carbocycles. The topological polar surface area (TPSA) is 231 Å². The minimum Gasteiger partial charge on any atom is -0.492 e. The maximum absolute atomic E-state index is 13.5. The van der Waals surface area contributed by atoms with Gasteiger partial charge in [0.1, 0.15) is 53.2 Å². The van der Waals surface area contributed by atoms with E-state index in [9.17, 15) is 14.7 Å². The Balaban J connectivity index is 0.631. The number of amides is 2. The third-order valence-electron chi connectivity index (χ3n) is 12.6. The Morgan fingerprint density at radius 3 is 2.56 bits per heavy atom. The first-order valence-corrected chi connectivity index (χ1v) is 24.7. The fourth-order valence-corrected chi connectivity index (χ4v) is 10.4. The quantitative estimate of drug-likeness (QED) is 0.0688. The summed E-state index contributed by atoms with van der Waals surface area (Å²) in [5, 5.41) is 35.4. The number of aryl methyl sites for hydroxylation is 3. The number of carbonyl (C=O) groups excluding carboxylic acids is 2. The van der Waals surface area contributed by atoms with Gasteiger partial charge in [-0.05, 0) is 81.6 Å². The van der Waals surface area contributed by atoms with Gasteiger partial charge in [0.15, 0.2) is 17.6 Å². The molecule has 10 rings (SSSR count). The number of aliphatic imine (C=N–C) groups is 1. The van der Waals surface area contributed by atoms with Gasteiger partial charge in [-0.1, -0.05) is 47.0 Å². The van der Waals surface area contributed by atoms with Gasteiger partial charge in [-0.15, -0.1) is 26.6 Å². The zero-order chi connectivity index (χ0) is 48.5. The molecule has 4 N–H and O–H groups in total. The summed E-state index contributed by atoms with van der Waals surface area (Å²) in [4.78, 5) is 44.7. The van der Waals surface area contributed by atoms with Crippen LogP contribution in [0.4, 0.5) is 0 Å². The number of imidazole rings is 1. The average molecular weight is 1010 g/mol. The number of ether oxygens (including phenoxy) is 4. The van der Waals surface area contributed by atoms with Gasteiger partial charge in [0.25, 0.3) is 6.01 Å². The zero-order valence-corrected chi connectivity index (χ0v) is 40.9. The van der Waals surface area contributed by atoms with Crippen LogP contribution >= 0.6 is 34.5 Å². The normalized spacial score (nSPS) is 19.3. The molecule has 2 amide bonds. The smallest absolute Gasteiger partial charge is 0.296 e. The number of H-pyrrole nitrogens is 1. The first-order chi connectivity index (χ1) is 33.9. The fourth-order valence-electron chi connectivity index (χ4n) is 8.83. The van der Waals surface area contributed by atoms with Crippen LogP contribution in [0.1, 0.15) is 77.1 Å². The van der Waals surface area contributed by atoms with Crippen molar-refractivity contribution in [3.05, 3.63) is 110 Å². The summed E-state index contributed by atoms with van der Waals surface area (Å²) in [6.07, 6.45) is 2.80. The molecule has 0 radical (unpaired) electrons. The molecule has 0 aliphatic carbocycles. The highest BCUT2D eigenvalue weighted by Gasteiger charge is 2.48. The van der Waals surface area contributed by atoms with Gasteiger partial charge in [0.2, 0.25) is 11.8 Å². The third kappa shape index (κ3) is 10.1. The Bertz CT molecular complexity index is 3060. The second-order valence-electron chi connectivity index (χ2n) is 17.4. The Hall–Kier alpha value is -6.29. The molecule has 0 unspecified atom stereocenters. The molecular weight excluding hydrogens is 960 g/mol. The van der Waals surface area contributed by atoms with Crippen LogP contribution in [0.15, 0.2) is 65.8 Å². The highest BCUT2D eigenvalue weighted by atomic mass is 35.5. The second-order valence-corrected chi connectivity index (χ2v) is 19.5. The molecule has 19 nitrogen and oxygen atoms in total. The monoisotopic (exact) mass is 1010 g/mol. The number of halogens is 2. The number of fused-ring (bicyclic) bond motifs is 5. The molecule has 5 aromatic heterocycles. The lowest BCUT2D eigenvalue weighted by Crippen LogP contribution is -2.34. The molecular formula is C48H50Cl2N12O7S. The van der Waals surface area contributed by atoms with Gasteiger partial charge in [-0.2, -0.15) is 4.98 Å². The maximum Gasteiger partial charge on any atom is 0.296 e. The molecule has 364 valence electrons. The highest BCUT2D eigenvalue weighted by molar-refractivity contribution is 7.15. The predicted octanol–water partition coefficient (Wildman–Crippen LogP) is 6.35. The van der Waals surface area contributed by atoms with Gasteiger partial charge < -0.3 is 39.7 Å². The number of pyridine rings is 1. The predicted molar refractivity (Wildman–Crippen MR) is 261 cm³/mol. The number of nitrogens with one attached hydrogen (secondary N) is 3. The lowest BCUT2D eigenvalue weighted by molar-refractivity contribution is -0.122. The van der Waals surface area contributed by atoms with Crippen molar-refractivity contribution in [2.75, 3.05) is 26.4 Å². The minimum absolute atomic E-state index is 0.0420. The Morgan fingerprint density at radius 2 is 1.73 bits per heavy atom. The molecule has 0 bridgehead atoms. The number of carbonyl (C=O) groups is 2. The van der Waals surface area contributed by atoms with Crippen LogP contribution in [0, 0.1) is 20.8 Å². The van der Waals surface area contributed by atoms with Gasteiger partial charge in [-0.3, -0.25) is 23.8 Å². The largest absolute Gasteiger partial charge is 0.492 e. The number of aromatic amines is 1. The average Bonchev–Trinajstić information content (AvgIpc) is 4.22. The number of aliphatic hydroxyl groups excluding tert-OH is 1. The van der Waals surface area contributed by atoms with Crippen LogP contribution in [0.5, 0.6) is 11.8 Å². The van der Waals surface area contributed by atoms with Crippen LogP contribution in [-0.4, -0.2) is 118 Å². The molecule has 5 atom stereocenters. The number of thiophene rings is 1. The van der Waals surface area contributed by atoms with Crippen molar-refractivity contribution in [1.29, 1.82) is 0 Å². The minimum atomic E-state index is -0.671.